The normalized spacial score (nSPS) is 9.76. The van der Waals surface area contributed by atoms with Gasteiger partial charge in [0.1, 0.15) is 12.4 Å². The molecule has 0 atom stereocenters. The Hall–Kier alpha value is -2.11. The van der Waals surface area contributed by atoms with Crippen molar-refractivity contribution in [1.82, 2.24) is 0 Å². The summed E-state index contributed by atoms with van der Waals surface area (Å²) in [6.45, 7) is 1.78. The predicted molar refractivity (Wildman–Crippen MR) is 60.0 cm³/mol. The Morgan fingerprint density at radius 3 is 2.76 bits per heavy atom. The molecule has 0 heterocycles. The van der Waals surface area contributed by atoms with Gasteiger partial charge in [-0.2, -0.15) is 0 Å². The summed E-state index contributed by atoms with van der Waals surface area (Å²) < 4.78 is 18.0. The first-order valence-electron chi connectivity index (χ1n) is 5.04. The first-order chi connectivity index (χ1) is 8.06. The number of amides is 1. The molecule has 1 rings (SSSR count). The molecule has 0 radical (unpaired) electrons. The van der Waals surface area contributed by atoms with Crippen LogP contribution in [0, 0.1) is 5.82 Å². The molecule has 0 aliphatic heterocycles. The number of nitrogens with one attached hydrogen (secondary N) is 1. The molecule has 0 aliphatic carbocycles. The molecule has 5 nitrogen and oxygen atoms in total. The summed E-state index contributed by atoms with van der Waals surface area (Å²) in [5, 5.41) is 2.60. The van der Waals surface area contributed by atoms with Gasteiger partial charge in [0.15, 0.2) is 0 Å². The molecule has 0 aromatic heterocycles. The lowest BCUT2D eigenvalue weighted by atomic mass is 10.1. The van der Waals surface area contributed by atoms with Crippen LogP contribution in [0.1, 0.15) is 17.3 Å². The minimum atomic E-state index is -0.894. The Labute approximate surface area is 97.7 Å². The largest absolute Gasteiger partial charge is 0.465 e. The number of hydrogen-bond acceptors (Lipinski definition) is 4. The molecular formula is C11H13FN2O3. The van der Waals surface area contributed by atoms with Gasteiger partial charge in [-0.1, -0.05) is 6.07 Å². The van der Waals surface area contributed by atoms with Crippen LogP contribution in [0.4, 0.5) is 10.1 Å². The van der Waals surface area contributed by atoms with Crippen molar-refractivity contribution in [1.29, 1.82) is 0 Å². The molecule has 0 unspecified atom stereocenters. The van der Waals surface area contributed by atoms with E-state index in [4.69, 9.17) is 5.73 Å². The Morgan fingerprint density at radius 2 is 2.18 bits per heavy atom. The third-order valence-corrected chi connectivity index (χ3v) is 1.99. The van der Waals surface area contributed by atoms with Crippen molar-refractivity contribution in [2.75, 3.05) is 18.5 Å². The van der Waals surface area contributed by atoms with E-state index in [0.29, 0.717) is 0 Å². The molecule has 1 amide bonds. The zero-order valence-corrected chi connectivity index (χ0v) is 9.33. The lowest BCUT2D eigenvalue weighted by Crippen LogP contribution is -2.21. The van der Waals surface area contributed by atoms with Crippen molar-refractivity contribution in [2.24, 2.45) is 5.73 Å². The van der Waals surface area contributed by atoms with Gasteiger partial charge in [0.25, 0.3) is 5.91 Å². The predicted octanol–water partition coefficient (Wildman–Crippen LogP) is 0.900. The zero-order chi connectivity index (χ0) is 12.8. The van der Waals surface area contributed by atoms with E-state index in [1.807, 2.05) is 0 Å². The molecule has 92 valence electrons. The highest BCUT2D eigenvalue weighted by molar-refractivity contribution is 5.99. The average Bonchev–Trinajstić information content (AvgIpc) is 2.26. The van der Waals surface area contributed by atoms with Gasteiger partial charge in [-0.05, 0) is 19.1 Å². The minimum Gasteiger partial charge on any atom is -0.465 e. The molecule has 0 saturated heterocycles. The van der Waals surface area contributed by atoms with Crippen LogP contribution in [0.5, 0.6) is 0 Å². The van der Waals surface area contributed by atoms with E-state index < -0.39 is 17.7 Å². The fourth-order valence-corrected chi connectivity index (χ4v) is 1.30. The monoisotopic (exact) mass is 240 g/mol. The molecule has 17 heavy (non-hydrogen) atoms. The fraction of sp³-hybridized carbons (Fsp3) is 0.273. The summed E-state index contributed by atoms with van der Waals surface area (Å²) in [5.41, 5.74) is 4.95. The van der Waals surface area contributed by atoms with Crippen LogP contribution in [0.15, 0.2) is 18.2 Å². The van der Waals surface area contributed by atoms with Crippen LogP contribution in [0.25, 0.3) is 0 Å². The number of ether oxygens (including phenoxy) is 1. The number of esters is 1. The third kappa shape index (κ3) is 3.44. The highest BCUT2D eigenvalue weighted by Crippen LogP contribution is 2.17. The molecule has 6 heteroatoms. The van der Waals surface area contributed by atoms with Crippen molar-refractivity contribution >= 4 is 17.6 Å². The number of nitrogens with two attached hydrogens (primary N) is 1. The molecule has 0 fully saturated rings. The van der Waals surface area contributed by atoms with Crippen LogP contribution < -0.4 is 11.1 Å². The zero-order valence-electron chi connectivity index (χ0n) is 9.33. The van der Waals surface area contributed by atoms with E-state index in [0.717, 1.165) is 6.07 Å². The first kappa shape index (κ1) is 13.0. The van der Waals surface area contributed by atoms with Gasteiger partial charge >= 0.3 is 5.97 Å². The number of hydrogen-bond donors (Lipinski definition) is 2. The van der Waals surface area contributed by atoms with E-state index in [9.17, 15) is 14.0 Å². The molecular weight excluding hydrogens is 227 g/mol. The second-order valence-electron chi connectivity index (χ2n) is 3.19. The van der Waals surface area contributed by atoms with Crippen LogP contribution in [-0.4, -0.2) is 25.0 Å². The number of rotatable bonds is 5. The maximum atomic E-state index is 13.3. The Bertz CT molecular complexity index is 435. The fourth-order valence-electron chi connectivity index (χ4n) is 1.30. The number of halogens is 1. The third-order valence-electron chi connectivity index (χ3n) is 1.99. The summed E-state index contributed by atoms with van der Waals surface area (Å²) in [6.07, 6.45) is 0. The van der Waals surface area contributed by atoms with Gasteiger partial charge in [0.05, 0.1) is 17.9 Å². The number of primary amides is 1. The Kier molecular flexibility index (Phi) is 4.45. The van der Waals surface area contributed by atoms with Gasteiger partial charge < -0.3 is 15.8 Å². The van der Waals surface area contributed by atoms with Crippen molar-refractivity contribution < 1.29 is 18.7 Å². The lowest BCUT2D eigenvalue weighted by Gasteiger charge is -2.09. The van der Waals surface area contributed by atoms with Crippen molar-refractivity contribution in [3.8, 4) is 0 Å². The van der Waals surface area contributed by atoms with Gasteiger partial charge in [-0.25, -0.2) is 4.39 Å². The van der Waals surface area contributed by atoms with Gasteiger partial charge in [0, 0.05) is 0 Å². The molecule has 0 spiro atoms. The van der Waals surface area contributed by atoms with Crippen molar-refractivity contribution in [2.45, 2.75) is 6.92 Å². The topological polar surface area (TPSA) is 81.4 Å². The van der Waals surface area contributed by atoms with E-state index in [1.54, 1.807) is 6.92 Å². The first-order valence-corrected chi connectivity index (χ1v) is 5.04. The van der Waals surface area contributed by atoms with E-state index in [-0.39, 0.29) is 24.4 Å². The number of carbonyl (C=O) groups excluding carboxylic acids is 2. The molecule has 1 aromatic rings. The second-order valence-corrected chi connectivity index (χ2v) is 3.19. The summed E-state index contributed by atoms with van der Waals surface area (Å²) in [4.78, 5) is 22.1. The van der Waals surface area contributed by atoms with E-state index >= 15 is 0 Å². The summed E-state index contributed by atoms with van der Waals surface area (Å²) in [7, 11) is 0. The van der Waals surface area contributed by atoms with Crippen molar-refractivity contribution in [3.63, 3.8) is 0 Å². The minimum absolute atomic E-state index is 0.155. The summed E-state index contributed by atoms with van der Waals surface area (Å²) in [5.74, 6) is -2.12. The average molecular weight is 240 g/mol. The maximum absolute atomic E-state index is 13.3. The summed E-state index contributed by atoms with van der Waals surface area (Å²) in [6, 6.07) is 3.99. The van der Waals surface area contributed by atoms with Gasteiger partial charge in [0.2, 0.25) is 0 Å². The van der Waals surface area contributed by atoms with Gasteiger partial charge in [-0.15, -0.1) is 0 Å². The Morgan fingerprint density at radius 1 is 1.47 bits per heavy atom. The molecule has 1 aromatic carbocycles. The molecule has 0 aliphatic rings. The number of carbonyl (C=O) groups is 2. The van der Waals surface area contributed by atoms with Crippen molar-refractivity contribution in [3.05, 3.63) is 29.6 Å². The van der Waals surface area contributed by atoms with Gasteiger partial charge in [-0.3, -0.25) is 9.59 Å². The van der Waals surface area contributed by atoms with Crippen LogP contribution in [0.2, 0.25) is 0 Å². The molecule has 3 N–H and O–H groups in total. The quantitative estimate of drug-likeness (QED) is 0.749. The van der Waals surface area contributed by atoms with Crippen LogP contribution in [0.3, 0.4) is 0 Å². The smallest absolute Gasteiger partial charge is 0.325 e. The highest BCUT2D eigenvalue weighted by Gasteiger charge is 2.14. The Balaban J connectivity index is 2.81. The second kappa shape index (κ2) is 5.83. The number of anilines is 1. The lowest BCUT2D eigenvalue weighted by molar-refractivity contribution is -0.140. The highest BCUT2D eigenvalue weighted by atomic mass is 19.1. The maximum Gasteiger partial charge on any atom is 0.325 e. The standard InChI is InChI=1S/C11H13FN2O3/c1-2-17-9(15)6-14-8-5-3-4-7(12)10(8)11(13)16/h3-5,14H,2,6H2,1H3,(H2,13,16). The SMILES string of the molecule is CCOC(=O)CNc1cccc(F)c1C(N)=O. The summed E-state index contributed by atoms with van der Waals surface area (Å²) >= 11 is 0. The molecule has 0 bridgehead atoms. The van der Waals surface area contributed by atoms with E-state index in [2.05, 4.69) is 10.1 Å². The number of benzene rings is 1. The van der Waals surface area contributed by atoms with Crippen LogP contribution >= 0.6 is 0 Å². The van der Waals surface area contributed by atoms with Crippen LogP contribution in [-0.2, 0) is 9.53 Å². The molecule has 0 saturated carbocycles. The van der Waals surface area contributed by atoms with E-state index in [1.165, 1.54) is 12.1 Å².